The number of nitrogens with two attached hydrogens (primary N) is 1. The summed E-state index contributed by atoms with van der Waals surface area (Å²) in [4.78, 5) is 11.7. The first-order valence-electron chi connectivity index (χ1n) is 7.05. The summed E-state index contributed by atoms with van der Waals surface area (Å²) in [7, 11) is 0. The zero-order valence-corrected chi connectivity index (χ0v) is 11.9. The highest BCUT2D eigenvalue weighted by atomic mass is 16.5. The molecule has 1 rings (SSSR count). The van der Waals surface area contributed by atoms with Crippen LogP contribution in [0.2, 0.25) is 0 Å². The van der Waals surface area contributed by atoms with Gasteiger partial charge >= 0.3 is 5.97 Å². The van der Waals surface area contributed by atoms with Gasteiger partial charge in [0.15, 0.2) is 0 Å². The topological polar surface area (TPSA) is 61.5 Å². The molecule has 2 unspecified atom stereocenters. The van der Waals surface area contributed by atoms with E-state index >= 15 is 0 Å². The minimum atomic E-state index is -0.821. The monoisotopic (exact) mass is 257 g/mol. The van der Waals surface area contributed by atoms with Crippen molar-refractivity contribution >= 4 is 5.97 Å². The SMILES string of the molecule is CCOC(=O)C1(N)CCC(OCCCC(C)C)C1. The van der Waals surface area contributed by atoms with Crippen molar-refractivity contribution < 1.29 is 14.3 Å². The number of esters is 1. The van der Waals surface area contributed by atoms with Gasteiger partial charge in [0, 0.05) is 13.0 Å². The van der Waals surface area contributed by atoms with Crippen molar-refractivity contribution in [2.45, 2.75) is 64.5 Å². The number of carbonyl (C=O) groups excluding carboxylic acids is 1. The van der Waals surface area contributed by atoms with Gasteiger partial charge in [-0.3, -0.25) is 4.79 Å². The number of rotatable bonds is 7. The molecule has 1 saturated carbocycles. The molecular formula is C14H27NO3. The molecule has 2 atom stereocenters. The lowest BCUT2D eigenvalue weighted by molar-refractivity contribution is -0.149. The van der Waals surface area contributed by atoms with Crippen LogP contribution in [-0.2, 0) is 14.3 Å². The summed E-state index contributed by atoms with van der Waals surface area (Å²) in [5.74, 6) is 0.434. The Labute approximate surface area is 110 Å². The van der Waals surface area contributed by atoms with E-state index in [2.05, 4.69) is 13.8 Å². The van der Waals surface area contributed by atoms with Gasteiger partial charge in [-0.2, -0.15) is 0 Å². The van der Waals surface area contributed by atoms with Crippen LogP contribution in [0.5, 0.6) is 0 Å². The third-order valence-corrected chi connectivity index (χ3v) is 3.47. The first-order chi connectivity index (χ1) is 8.48. The Morgan fingerprint density at radius 1 is 1.50 bits per heavy atom. The van der Waals surface area contributed by atoms with Crippen molar-refractivity contribution in [3.05, 3.63) is 0 Å². The molecule has 0 aromatic carbocycles. The molecule has 0 saturated heterocycles. The van der Waals surface area contributed by atoms with Gasteiger partial charge in [0.2, 0.25) is 0 Å². The van der Waals surface area contributed by atoms with E-state index in [4.69, 9.17) is 15.2 Å². The molecule has 2 N–H and O–H groups in total. The van der Waals surface area contributed by atoms with E-state index in [1.807, 2.05) is 0 Å². The van der Waals surface area contributed by atoms with E-state index in [1.54, 1.807) is 6.92 Å². The average Bonchev–Trinajstić information content (AvgIpc) is 2.68. The zero-order chi connectivity index (χ0) is 13.6. The number of carbonyl (C=O) groups is 1. The Balaban J connectivity index is 2.26. The second kappa shape index (κ2) is 7.10. The standard InChI is InChI=1S/C14H27NO3/c1-4-17-13(16)14(15)8-7-12(10-14)18-9-5-6-11(2)3/h11-12H,4-10,15H2,1-3H3. The summed E-state index contributed by atoms with van der Waals surface area (Å²) in [5, 5.41) is 0. The summed E-state index contributed by atoms with van der Waals surface area (Å²) in [5.41, 5.74) is 5.26. The normalized spacial score (nSPS) is 27.7. The van der Waals surface area contributed by atoms with Gasteiger partial charge in [0.05, 0.1) is 12.7 Å². The highest BCUT2D eigenvalue weighted by Crippen LogP contribution is 2.31. The van der Waals surface area contributed by atoms with Crippen molar-refractivity contribution in [1.29, 1.82) is 0 Å². The van der Waals surface area contributed by atoms with Crippen LogP contribution in [0.25, 0.3) is 0 Å². The van der Waals surface area contributed by atoms with Crippen molar-refractivity contribution in [1.82, 2.24) is 0 Å². The van der Waals surface area contributed by atoms with E-state index in [9.17, 15) is 4.79 Å². The van der Waals surface area contributed by atoms with E-state index < -0.39 is 5.54 Å². The van der Waals surface area contributed by atoms with Crippen LogP contribution in [-0.4, -0.2) is 30.8 Å². The highest BCUT2D eigenvalue weighted by molar-refractivity contribution is 5.81. The Bertz CT molecular complexity index is 268. The van der Waals surface area contributed by atoms with Gasteiger partial charge in [-0.15, -0.1) is 0 Å². The summed E-state index contributed by atoms with van der Waals surface area (Å²) in [6.45, 7) is 7.37. The Kier molecular flexibility index (Phi) is 6.09. The second-order valence-corrected chi connectivity index (χ2v) is 5.65. The summed E-state index contributed by atoms with van der Waals surface area (Å²) in [6, 6.07) is 0. The van der Waals surface area contributed by atoms with Crippen LogP contribution in [0.4, 0.5) is 0 Å². The zero-order valence-electron chi connectivity index (χ0n) is 11.9. The van der Waals surface area contributed by atoms with Crippen molar-refractivity contribution in [3.8, 4) is 0 Å². The van der Waals surface area contributed by atoms with Crippen LogP contribution in [0.3, 0.4) is 0 Å². The molecule has 0 heterocycles. The fourth-order valence-electron chi connectivity index (χ4n) is 2.37. The largest absolute Gasteiger partial charge is 0.465 e. The average molecular weight is 257 g/mol. The molecular weight excluding hydrogens is 230 g/mol. The molecule has 4 nitrogen and oxygen atoms in total. The lowest BCUT2D eigenvalue weighted by Crippen LogP contribution is -2.47. The fourth-order valence-corrected chi connectivity index (χ4v) is 2.37. The van der Waals surface area contributed by atoms with E-state index in [0.717, 1.165) is 19.4 Å². The molecule has 0 aliphatic heterocycles. The van der Waals surface area contributed by atoms with Crippen molar-refractivity contribution in [2.75, 3.05) is 13.2 Å². The maximum Gasteiger partial charge on any atom is 0.326 e. The number of ether oxygens (including phenoxy) is 2. The first-order valence-corrected chi connectivity index (χ1v) is 7.05. The van der Waals surface area contributed by atoms with Gasteiger partial charge in [-0.25, -0.2) is 0 Å². The van der Waals surface area contributed by atoms with Gasteiger partial charge in [0.25, 0.3) is 0 Å². The summed E-state index contributed by atoms with van der Waals surface area (Å²) in [6.07, 6.45) is 4.49. The maximum atomic E-state index is 11.7. The van der Waals surface area contributed by atoms with Crippen LogP contribution in [0, 0.1) is 5.92 Å². The van der Waals surface area contributed by atoms with Gasteiger partial charge in [-0.1, -0.05) is 13.8 Å². The molecule has 4 heteroatoms. The minimum absolute atomic E-state index is 0.117. The molecule has 0 radical (unpaired) electrons. The molecule has 0 amide bonds. The minimum Gasteiger partial charge on any atom is -0.465 e. The third kappa shape index (κ3) is 4.58. The predicted octanol–water partition coefficient (Wildman–Crippen LogP) is 2.25. The highest BCUT2D eigenvalue weighted by Gasteiger charge is 2.43. The molecule has 106 valence electrons. The van der Waals surface area contributed by atoms with Crippen LogP contribution < -0.4 is 5.73 Å². The Morgan fingerprint density at radius 2 is 2.22 bits per heavy atom. The number of hydrogen-bond donors (Lipinski definition) is 1. The maximum absolute atomic E-state index is 11.7. The molecule has 1 aliphatic rings. The van der Waals surface area contributed by atoms with E-state index in [1.165, 1.54) is 6.42 Å². The molecule has 0 aromatic rings. The van der Waals surface area contributed by atoms with Crippen molar-refractivity contribution in [2.24, 2.45) is 11.7 Å². The lowest BCUT2D eigenvalue weighted by atomic mass is 9.99. The lowest BCUT2D eigenvalue weighted by Gasteiger charge is -2.21. The molecule has 1 fully saturated rings. The second-order valence-electron chi connectivity index (χ2n) is 5.65. The van der Waals surface area contributed by atoms with Gasteiger partial charge < -0.3 is 15.2 Å². The van der Waals surface area contributed by atoms with Crippen molar-refractivity contribution in [3.63, 3.8) is 0 Å². The Morgan fingerprint density at radius 3 is 2.83 bits per heavy atom. The quantitative estimate of drug-likeness (QED) is 0.561. The summed E-state index contributed by atoms with van der Waals surface area (Å²) >= 11 is 0. The molecule has 18 heavy (non-hydrogen) atoms. The fraction of sp³-hybridized carbons (Fsp3) is 0.929. The van der Waals surface area contributed by atoms with Gasteiger partial charge in [-0.05, 0) is 38.5 Å². The Hall–Kier alpha value is -0.610. The predicted molar refractivity (Wildman–Crippen MR) is 71.2 cm³/mol. The third-order valence-electron chi connectivity index (χ3n) is 3.47. The van der Waals surface area contributed by atoms with Crippen LogP contribution in [0.15, 0.2) is 0 Å². The molecule has 0 spiro atoms. The molecule has 0 aromatic heterocycles. The molecule has 1 aliphatic carbocycles. The summed E-state index contributed by atoms with van der Waals surface area (Å²) < 4.78 is 10.8. The number of hydrogen-bond acceptors (Lipinski definition) is 4. The molecule has 0 bridgehead atoms. The smallest absolute Gasteiger partial charge is 0.326 e. The van der Waals surface area contributed by atoms with Crippen LogP contribution >= 0.6 is 0 Å². The van der Waals surface area contributed by atoms with E-state index in [0.29, 0.717) is 25.4 Å². The van der Waals surface area contributed by atoms with Gasteiger partial charge in [0.1, 0.15) is 5.54 Å². The van der Waals surface area contributed by atoms with Crippen LogP contribution in [0.1, 0.15) is 52.9 Å². The van der Waals surface area contributed by atoms with E-state index in [-0.39, 0.29) is 12.1 Å². The first kappa shape index (κ1) is 15.4.